The summed E-state index contributed by atoms with van der Waals surface area (Å²) in [5.41, 5.74) is 11.9. The molecule has 0 fully saturated rings. The van der Waals surface area contributed by atoms with Gasteiger partial charge in [0.2, 0.25) is 6.20 Å². The smallest absolute Gasteiger partial charge is 0.220 e. The van der Waals surface area contributed by atoms with Crippen LogP contribution in [0.5, 0.6) is 0 Å². The fraction of sp³-hybridized carbons (Fsp3) is 0.200. The van der Waals surface area contributed by atoms with E-state index in [-0.39, 0.29) is 0 Å². The minimum Gasteiger partial charge on any atom is -0.395 e. The second-order valence-electron chi connectivity index (χ2n) is 1.86. The van der Waals surface area contributed by atoms with E-state index >= 15 is 0 Å². The Morgan fingerprint density at radius 3 is 2.56 bits per heavy atom. The van der Waals surface area contributed by atoms with Gasteiger partial charge in [0.05, 0.1) is 5.69 Å². The average Bonchev–Trinajstić information content (AvgIpc) is 1.80. The van der Waals surface area contributed by atoms with Crippen molar-refractivity contribution in [1.29, 1.82) is 0 Å². The summed E-state index contributed by atoms with van der Waals surface area (Å²) in [7, 11) is 1.79. The zero-order chi connectivity index (χ0) is 6.85. The van der Waals surface area contributed by atoms with Gasteiger partial charge in [-0.25, -0.2) is 0 Å². The maximum Gasteiger partial charge on any atom is 0.220 e. The van der Waals surface area contributed by atoms with Crippen LogP contribution in [0.15, 0.2) is 12.4 Å². The van der Waals surface area contributed by atoms with Gasteiger partial charge in [0, 0.05) is 0 Å². The second-order valence-corrected chi connectivity index (χ2v) is 1.86. The Morgan fingerprint density at radius 1 is 1.44 bits per heavy atom. The van der Waals surface area contributed by atoms with Crippen molar-refractivity contribution in [3.8, 4) is 0 Å². The number of rotatable bonds is 0. The highest BCUT2D eigenvalue weighted by molar-refractivity contribution is 5.58. The molecule has 0 aliphatic heterocycles. The lowest BCUT2D eigenvalue weighted by molar-refractivity contribution is -0.730. The normalized spacial score (nSPS) is 9.44. The Bertz CT molecular complexity index is 220. The number of nitrogen functional groups attached to an aromatic ring is 2. The number of hydrogen-bond donors (Lipinski definition) is 2. The summed E-state index contributed by atoms with van der Waals surface area (Å²) < 4.78 is 1.60. The zero-order valence-electron chi connectivity index (χ0n) is 5.20. The molecule has 0 saturated carbocycles. The number of hydrogen-bond acceptors (Lipinski definition) is 3. The van der Waals surface area contributed by atoms with E-state index < -0.39 is 0 Å². The summed E-state index contributed by atoms with van der Waals surface area (Å²) in [4.78, 5) is 0. The molecule has 0 unspecified atom stereocenters. The van der Waals surface area contributed by atoms with Crippen molar-refractivity contribution in [3.63, 3.8) is 0 Å². The average molecular weight is 125 g/mol. The number of nitrogens with two attached hydrogens (primary N) is 2. The molecule has 1 aromatic rings. The third kappa shape index (κ3) is 1.07. The molecule has 4 nitrogen and oxygen atoms in total. The van der Waals surface area contributed by atoms with Crippen LogP contribution in [-0.2, 0) is 7.05 Å². The fourth-order valence-corrected chi connectivity index (χ4v) is 0.537. The van der Waals surface area contributed by atoms with E-state index in [1.807, 2.05) is 0 Å². The summed E-state index contributed by atoms with van der Waals surface area (Å²) in [6, 6.07) is 0. The molecule has 0 bridgehead atoms. The molecule has 0 atom stereocenters. The van der Waals surface area contributed by atoms with E-state index in [9.17, 15) is 0 Å². The summed E-state index contributed by atoms with van der Waals surface area (Å²) in [6.07, 6.45) is 3.19. The van der Waals surface area contributed by atoms with Crippen LogP contribution < -0.4 is 16.1 Å². The van der Waals surface area contributed by atoms with Crippen molar-refractivity contribution in [2.45, 2.75) is 0 Å². The number of nitrogens with zero attached hydrogens (tertiary/aromatic N) is 2. The predicted octanol–water partition coefficient (Wildman–Crippen LogP) is -0.929. The number of aromatic nitrogens is 2. The molecule has 4 heteroatoms. The van der Waals surface area contributed by atoms with Crippen LogP contribution in [0.2, 0.25) is 0 Å². The van der Waals surface area contributed by atoms with Crippen LogP contribution in [0.3, 0.4) is 0 Å². The third-order valence-electron chi connectivity index (χ3n) is 1.04. The monoisotopic (exact) mass is 125 g/mol. The maximum absolute atomic E-state index is 5.43. The molecule has 0 aliphatic rings. The largest absolute Gasteiger partial charge is 0.395 e. The number of aryl methyl sites for hydroxylation is 1. The molecule has 0 aliphatic carbocycles. The topological polar surface area (TPSA) is 68.8 Å². The molecule has 0 aromatic carbocycles. The van der Waals surface area contributed by atoms with Crippen molar-refractivity contribution >= 4 is 11.4 Å². The van der Waals surface area contributed by atoms with Gasteiger partial charge in [0.25, 0.3) is 0 Å². The first kappa shape index (κ1) is 5.81. The van der Waals surface area contributed by atoms with Crippen molar-refractivity contribution in [1.82, 2.24) is 5.10 Å². The predicted molar refractivity (Wildman–Crippen MR) is 34.2 cm³/mol. The first-order valence-corrected chi connectivity index (χ1v) is 2.57. The second kappa shape index (κ2) is 1.89. The van der Waals surface area contributed by atoms with Crippen LogP contribution >= 0.6 is 0 Å². The van der Waals surface area contributed by atoms with Crippen LogP contribution in [-0.4, -0.2) is 5.10 Å². The van der Waals surface area contributed by atoms with E-state index in [0.717, 1.165) is 0 Å². The Hall–Kier alpha value is -1.32. The summed E-state index contributed by atoms with van der Waals surface area (Å²) in [5.74, 6) is 0. The van der Waals surface area contributed by atoms with E-state index in [0.29, 0.717) is 11.4 Å². The summed E-state index contributed by atoms with van der Waals surface area (Å²) >= 11 is 0. The first-order chi connectivity index (χ1) is 4.20. The Balaban J connectivity index is 3.17. The molecule has 0 saturated heterocycles. The van der Waals surface area contributed by atoms with Gasteiger partial charge in [0.15, 0.2) is 7.05 Å². The quantitative estimate of drug-likeness (QED) is 0.440. The van der Waals surface area contributed by atoms with Gasteiger partial charge in [-0.3, -0.25) is 0 Å². The van der Waals surface area contributed by atoms with Crippen LogP contribution in [0.1, 0.15) is 0 Å². The highest BCUT2D eigenvalue weighted by Gasteiger charge is 1.98. The minimum absolute atomic E-state index is 0.521. The molecule has 48 valence electrons. The van der Waals surface area contributed by atoms with Gasteiger partial charge in [-0.1, -0.05) is 4.68 Å². The van der Waals surface area contributed by atoms with E-state index in [2.05, 4.69) is 5.10 Å². The van der Waals surface area contributed by atoms with Gasteiger partial charge in [-0.2, -0.15) is 0 Å². The lowest BCUT2D eigenvalue weighted by Gasteiger charge is -1.91. The third-order valence-corrected chi connectivity index (χ3v) is 1.04. The SMILES string of the molecule is C[n+]1cc(N)c(N)cn1. The van der Waals surface area contributed by atoms with Crippen molar-refractivity contribution in [2.75, 3.05) is 11.5 Å². The molecule has 1 rings (SSSR count). The van der Waals surface area contributed by atoms with Gasteiger partial charge in [0.1, 0.15) is 11.9 Å². The van der Waals surface area contributed by atoms with Crippen molar-refractivity contribution in [2.24, 2.45) is 7.05 Å². The Kier molecular flexibility index (Phi) is 1.22. The van der Waals surface area contributed by atoms with E-state index in [1.165, 1.54) is 6.20 Å². The summed E-state index contributed by atoms with van der Waals surface area (Å²) in [5, 5.41) is 3.85. The number of anilines is 2. The molecule has 4 N–H and O–H groups in total. The molecular formula is C5H9N4+. The van der Waals surface area contributed by atoms with E-state index in [1.54, 1.807) is 17.9 Å². The maximum atomic E-state index is 5.43. The van der Waals surface area contributed by atoms with E-state index in [4.69, 9.17) is 11.5 Å². The molecule has 0 radical (unpaired) electrons. The lowest BCUT2D eigenvalue weighted by Crippen LogP contribution is -2.32. The lowest BCUT2D eigenvalue weighted by atomic mass is 10.4. The zero-order valence-corrected chi connectivity index (χ0v) is 5.20. The van der Waals surface area contributed by atoms with Crippen LogP contribution in [0, 0.1) is 0 Å². The van der Waals surface area contributed by atoms with Crippen molar-refractivity contribution in [3.05, 3.63) is 12.4 Å². The van der Waals surface area contributed by atoms with Crippen LogP contribution in [0.25, 0.3) is 0 Å². The van der Waals surface area contributed by atoms with Gasteiger partial charge < -0.3 is 11.5 Å². The molecule has 1 aromatic heterocycles. The summed E-state index contributed by atoms with van der Waals surface area (Å²) in [6.45, 7) is 0. The highest BCUT2D eigenvalue weighted by atomic mass is 15.2. The fourth-order valence-electron chi connectivity index (χ4n) is 0.537. The standard InChI is InChI=1S/C5H8N4/c1-9-3-5(7)4(6)2-8-9/h2-3,6H,7H2,1H3/p+1. The van der Waals surface area contributed by atoms with Gasteiger partial charge in [-0.05, 0) is 5.10 Å². The minimum atomic E-state index is 0.521. The molecular weight excluding hydrogens is 116 g/mol. The first-order valence-electron chi connectivity index (χ1n) is 2.57. The van der Waals surface area contributed by atoms with Gasteiger partial charge in [-0.15, -0.1) is 0 Å². The highest BCUT2D eigenvalue weighted by Crippen LogP contribution is 2.05. The molecule has 9 heavy (non-hydrogen) atoms. The molecule has 1 heterocycles. The van der Waals surface area contributed by atoms with Crippen LogP contribution in [0.4, 0.5) is 11.4 Å². The molecule has 0 amide bonds. The van der Waals surface area contributed by atoms with Gasteiger partial charge >= 0.3 is 0 Å². The van der Waals surface area contributed by atoms with Crippen molar-refractivity contribution < 1.29 is 4.68 Å². The Morgan fingerprint density at radius 2 is 2.11 bits per heavy atom. The Labute approximate surface area is 53.1 Å². The molecule has 0 spiro atoms.